The first-order chi connectivity index (χ1) is 18.2. The summed E-state index contributed by atoms with van der Waals surface area (Å²) in [4.78, 5) is 17.1. The maximum absolute atomic E-state index is 12.9. The standard InChI is InChI=1S/C28H18ClF3N4O2/c29-25-15-8-20(16-24(25)18-4-2-1-3-5-18)27(37)34-21-9-6-19(7-10-21)26-33-17-36(35-26)22-11-13-23(14-12-22)38-28(30,31)32/h1-17H,(H,34,37). The molecule has 0 aliphatic rings. The van der Waals surface area contributed by atoms with Gasteiger partial charge in [0, 0.05) is 27.4 Å². The van der Waals surface area contributed by atoms with Gasteiger partial charge in [0.15, 0.2) is 5.82 Å². The number of anilines is 1. The molecule has 0 fully saturated rings. The zero-order valence-corrected chi connectivity index (χ0v) is 20.2. The van der Waals surface area contributed by atoms with Gasteiger partial charge in [0.25, 0.3) is 5.91 Å². The van der Waals surface area contributed by atoms with Crippen LogP contribution in [0, 0.1) is 0 Å². The Morgan fingerprint density at radius 1 is 0.868 bits per heavy atom. The van der Waals surface area contributed by atoms with Crippen molar-refractivity contribution in [1.29, 1.82) is 0 Å². The fourth-order valence-electron chi connectivity index (χ4n) is 3.73. The summed E-state index contributed by atoms with van der Waals surface area (Å²) in [6, 6.07) is 26.9. The summed E-state index contributed by atoms with van der Waals surface area (Å²) in [5, 5.41) is 7.80. The Hall–Kier alpha value is -4.63. The van der Waals surface area contributed by atoms with E-state index in [2.05, 4.69) is 20.1 Å². The van der Waals surface area contributed by atoms with Crippen LogP contribution in [0.4, 0.5) is 18.9 Å². The van der Waals surface area contributed by atoms with E-state index in [9.17, 15) is 18.0 Å². The summed E-state index contributed by atoms with van der Waals surface area (Å²) in [5.74, 6) is -0.204. The van der Waals surface area contributed by atoms with Crippen LogP contribution in [0.2, 0.25) is 5.02 Å². The Labute approximate surface area is 220 Å². The van der Waals surface area contributed by atoms with Crippen molar-refractivity contribution < 1.29 is 22.7 Å². The Morgan fingerprint density at radius 2 is 1.58 bits per heavy atom. The van der Waals surface area contributed by atoms with Crippen molar-refractivity contribution in [1.82, 2.24) is 14.8 Å². The zero-order chi connectivity index (χ0) is 26.7. The number of nitrogens with one attached hydrogen (secondary N) is 1. The second kappa shape index (κ2) is 10.4. The second-order valence-electron chi connectivity index (χ2n) is 8.15. The van der Waals surface area contributed by atoms with Crippen LogP contribution in [0.5, 0.6) is 5.75 Å². The fourth-order valence-corrected chi connectivity index (χ4v) is 3.96. The molecule has 5 aromatic rings. The molecular weight excluding hydrogens is 517 g/mol. The van der Waals surface area contributed by atoms with E-state index in [-0.39, 0.29) is 11.7 Å². The third kappa shape index (κ3) is 5.84. The van der Waals surface area contributed by atoms with Crippen LogP contribution in [-0.4, -0.2) is 27.0 Å². The van der Waals surface area contributed by atoms with E-state index in [1.807, 2.05) is 30.3 Å². The van der Waals surface area contributed by atoms with Gasteiger partial charge in [-0.15, -0.1) is 18.3 Å². The van der Waals surface area contributed by atoms with Gasteiger partial charge in [0.05, 0.1) is 5.69 Å². The molecule has 4 aromatic carbocycles. The molecular formula is C28H18ClF3N4O2. The molecule has 0 saturated carbocycles. The molecule has 0 unspecified atom stereocenters. The summed E-state index contributed by atoms with van der Waals surface area (Å²) < 4.78 is 42.4. The minimum Gasteiger partial charge on any atom is -0.406 e. The normalized spacial score (nSPS) is 11.3. The van der Waals surface area contributed by atoms with E-state index >= 15 is 0 Å². The molecule has 0 radical (unpaired) electrons. The predicted octanol–water partition coefficient (Wildman–Crippen LogP) is 7.41. The number of hydrogen-bond donors (Lipinski definition) is 1. The monoisotopic (exact) mass is 534 g/mol. The van der Waals surface area contributed by atoms with Crippen molar-refractivity contribution in [3.63, 3.8) is 0 Å². The molecule has 6 nitrogen and oxygen atoms in total. The first-order valence-corrected chi connectivity index (χ1v) is 11.7. The Balaban J connectivity index is 1.27. The van der Waals surface area contributed by atoms with E-state index in [0.29, 0.717) is 33.3 Å². The highest BCUT2D eigenvalue weighted by Gasteiger charge is 2.31. The first kappa shape index (κ1) is 25.0. The van der Waals surface area contributed by atoms with Crippen LogP contribution in [0.25, 0.3) is 28.2 Å². The first-order valence-electron chi connectivity index (χ1n) is 11.3. The largest absolute Gasteiger partial charge is 0.573 e. The number of benzene rings is 4. The Morgan fingerprint density at radius 3 is 2.26 bits per heavy atom. The van der Waals surface area contributed by atoms with Crippen LogP contribution in [-0.2, 0) is 0 Å². The second-order valence-corrected chi connectivity index (χ2v) is 8.55. The smallest absolute Gasteiger partial charge is 0.406 e. The van der Waals surface area contributed by atoms with Gasteiger partial charge >= 0.3 is 6.36 Å². The number of aromatic nitrogens is 3. The number of hydrogen-bond acceptors (Lipinski definition) is 4. The molecule has 0 saturated heterocycles. The lowest BCUT2D eigenvalue weighted by Crippen LogP contribution is -2.17. The van der Waals surface area contributed by atoms with E-state index in [1.54, 1.807) is 42.5 Å². The van der Waals surface area contributed by atoms with E-state index in [1.165, 1.54) is 35.3 Å². The Bertz CT molecular complexity index is 1570. The SMILES string of the molecule is O=C(Nc1ccc(-c2ncn(-c3ccc(OC(F)(F)F)cc3)n2)cc1)c1ccc(Cl)c(-c2ccccc2)c1. The summed E-state index contributed by atoms with van der Waals surface area (Å²) in [6.45, 7) is 0. The molecule has 190 valence electrons. The van der Waals surface area contributed by atoms with Gasteiger partial charge in [0.1, 0.15) is 12.1 Å². The number of amides is 1. The summed E-state index contributed by atoms with van der Waals surface area (Å²) in [5.41, 5.74) is 3.92. The molecule has 0 aliphatic carbocycles. The molecule has 1 heterocycles. The predicted molar refractivity (Wildman–Crippen MR) is 138 cm³/mol. The lowest BCUT2D eigenvalue weighted by atomic mass is 10.0. The van der Waals surface area contributed by atoms with Crippen LogP contribution >= 0.6 is 11.6 Å². The highest BCUT2D eigenvalue weighted by atomic mass is 35.5. The molecule has 0 atom stereocenters. The van der Waals surface area contributed by atoms with Gasteiger partial charge in [-0.3, -0.25) is 4.79 Å². The van der Waals surface area contributed by atoms with Gasteiger partial charge < -0.3 is 10.1 Å². The van der Waals surface area contributed by atoms with E-state index in [0.717, 1.165) is 11.1 Å². The molecule has 38 heavy (non-hydrogen) atoms. The number of nitrogens with zero attached hydrogens (tertiary/aromatic N) is 3. The Kier molecular flexibility index (Phi) is 6.85. The molecule has 0 spiro atoms. The van der Waals surface area contributed by atoms with Crippen molar-refractivity contribution in [3.05, 3.63) is 114 Å². The van der Waals surface area contributed by atoms with Gasteiger partial charge in [0.2, 0.25) is 0 Å². The number of rotatable bonds is 6. The molecule has 5 rings (SSSR count). The summed E-state index contributed by atoms with van der Waals surface area (Å²) in [6.07, 6.45) is -3.30. The fraction of sp³-hybridized carbons (Fsp3) is 0.0357. The number of carbonyl (C=O) groups excluding carboxylic acids is 1. The lowest BCUT2D eigenvalue weighted by Gasteiger charge is -2.09. The number of ether oxygens (including phenoxy) is 1. The van der Waals surface area contributed by atoms with Gasteiger partial charge in [-0.25, -0.2) is 9.67 Å². The number of carbonyl (C=O) groups is 1. The minimum absolute atomic E-state index is 0.285. The topological polar surface area (TPSA) is 69.0 Å². The van der Waals surface area contributed by atoms with Gasteiger partial charge in [-0.1, -0.05) is 41.9 Å². The molecule has 0 aliphatic heterocycles. The lowest BCUT2D eigenvalue weighted by molar-refractivity contribution is -0.274. The van der Waals surface area contributed by atoms with Crippen LogP contribution in [0.1, 0.15) is 10.4 Å². The quantitative estimate of drug-likeness (QED) is 0.246. The highest BCUT2D eigenvalue weighted by molar-refractivity contribution is 6.33. The van der Waals surface area contributed by atoms with E-state index in [4.69, 9.17) is 11.6 Å². The van der Waals surface area contributed by atoms with Gasteiger partial charge in [-0.2, -0.15) is 0 Å². The number of alkyl halides is 3. The molecule has 10 heteroatoms. The van der Waals surface area contributed by atoms with Crippen LogP contribution in [0.3, 0.4) is 0 Å². The average Bonchev–Trinajstić information content (AvgIpc) is 3.40. The number of halogens is 4. The molecule has 1 N–H and O–H groups in total. The molecule has 1 amide bonds. The van der Waals surface area contributed by atoms with Crippen molar-refractivity contribution >= 4 is 23.2 Å². The molecule has 1 aromatic heterocycles. The maximum atomic E-state index is 12.9. The van der Waals surface area contributed by atoms with Crippen molar-refractivity contribution in [2.45, 2.75) is 6.36 Å². The van der Waals surface area contributed by atoms with E-state index < -0.39 is 6.36 Å². The summed E-state index contributed by atoms with van der Waals surface area (Å²) in [7, 11) is 0. The van der Waals surface area contributed by atoms with Gasteiger partial charge in [-0.05, 0) is 72.3 Å². The zero-order valence-electron chi connectivity index (χ0n) is 19.5. The van der Waals surface area contributed by atoms with Crippen LogP contribution in [0.15, 0.2) is 103 Å². The third-order valence-corrected chi connectivity index (χ3v) is 5.87. The minimum atomic E-state index is -4.76. The average molecular weight is 535 g/mol. The van der Waals surface area contributed by atoms with Crippen molar-refractivity contribution in [2.75, 3.05) is 5.32 Å². The van der Waals surface area contributed by atoms with Crippen LogP contribution < -0.4 is 10.1 Å². The maximum Gasteiger partial charge on any atom is 0.573 e. The van der Waals surface area contributed by atoms with Crippen molar-refractivity contribution in [2.24, 2.45) is 0 Å². The van der Waals surface area contributed by atoms with Crippen molar-refractivity contribution in [3.8, 4) is 34.0 Å². The third-order valence-electron chi connectivity index (χ3n) is 5.54. The highest BCUT2D eigenvalue weighted by Crippen LogP contribution is 2.29. The molecule has 0 bridgehead atoms. The summed E-state index contributed by atoms with van der Waals surface area (Å²) >= 11 is 6.35.